The van der Waals surface area contributed by atoms with E-state index in [1.165, 1.54) is 14.2 Å². The van der Waals surface area contributed by atoms with Crippen LogP contribution in [0.5, 0.6) is 5.75 Å². The number of rotatable bonds is 12. The van der Waals surface area contributed by atoms with Crippen molar-refractivity contribution in [2.45, 2.75) is 63.1 Å². The number of nitrogens with zero attached hydrogens (tertiary/aromatic N) is 4. The summed E-state index contributed by atoms with van der Waals surface area (Å²) in [7, 11) is 4.37. The Morgan fingerprint density at radius 1 is 0.922 bits per heavy atom. The Morgan fingerprint density at radius 3 is 2.52 bits per heavy atom. The smallest absolute Gasteiger partial charge is 0.407 e. The lowest BCUT2D eigenvalue weighted by atomic mass is 9.92. The molecule has 332 valence electrons. The van der Waals surface area contributed by atoms with E-state index in [-0.39, 0.29) is 23.8 Å². The van der Waals surface area contributed by atoms with Gasteiger partial charge in [0.15, 0.2) is 0 Å². The predicted octanol–water partition coefficient (Wildman–Crippen LogP) is 6.63. The number of likely N-dealkylation sites (tertiary alicyclic amines) is 2. The van der Waals surface area contributed by atoms with Gasteiger partial charge in [-0.15, -0.1) is 0 Å². The quantitative estimate of drug-likeness (QED) is 0.0880. The molecule has 1 unspecified atom stereocenters. The van der Waals surface area contributed by atoms with Crippen LogP contribution in [0.4, 0.5) is 9.59 Å². The van der Waals surface area contributed by atoms with E-state index in [2.05, 4.69) is 38.8 Å². The molecular weight excluding hydrogens is 821 g/mol. The SMILES string of the molecule is COC[C@H]1C[C@@H](c2ncc(-c3ccc4c(c3)COc3cc5c(ccc6[nH]c([C@@H]7CCCN7C(=O)[C@H](NC(=O)O)c7ccccc7)nc65)cc3-4)[nH]2)N(C(=O)[C@@H](NC(=O)OC)C(C)OC)C1. The molecule has 0 saturated carbocycles. The lowest BCUT2D eigenvalue weighted by Crippen LogP contribution is -2.54. The first-order valence-corrected chi connectivity index (χ1v) is 21.3. The van der Waals surface area contributed by atoms with Gasteiger partial charge in [-0.3, -0.25) is 9.59 Å². The van der Waals surface area contributed by atoms with Gasteiger partial charge in [-0.25, -0.2) is 19.6 Å². The molecule has 0 spiro atoms. The van der Waals surface area contributed by atoms with E-state index < -0.39 is 36.4 Å². The third-order valence-corrected chi connectivity index (χ3v) is 12.7. The molecule has 17 nitrogen and oxygen atoms in total. The number of amides is 4. The van der Waals surface area contributed by atoms with Crippen LogP contribution < -0.4 is 15.4 Å². The summed E-state index contributed by atoms with van der Waals surface area (Å²) in [5.41, 5.74) is 6.86. The first-order chi connectivity index (χ1) is 31.0. The van der Waals surface area contributed by atoms with Crippen LogP contribution in [-0.4, -0.2) is 112 Å². The molecule has 6 aromatic rings. The molecule has 0 radical (unpaired) electrons. The maximum atomic E-state index is 14.0. The number of aromatic nitrogens is 4. The minimum Gasteiger partial charge on any atom is -0.488 e. The first kappa shape index (κ1) is 42.3. The maximum Gasteiger partial charge on any atom is 0.407 e. The molecule has 4 aromatic carbocycles. The molecule has 17 heteroatoms. The maximum absolute atomic E-state index is 14.0. The largest absolute Gasteiger partial charge is 0.488 e. The summed E-state index contributed by atoms with van der Waals surface area (Å²) in [6, 6.07) is 20.6. The molecule has 9 rings (SSSR count). The van der Waals surface area contributed by atoms with Crippen LogP contribution in [0.3, 0.4) is 0 Å². The zero-order valence-electron chi connectivity index (χ0n) is 35.9. The lowest BCUT2D eigenvalue weighted by Gasteiger charge is -2.30. The second-order valence-corrected chi connectivity index (χ2v) is 16.6. The van der Waals surface area contributed by atoms with E-state index in [9.17, 15) is 24.3 Å². The van der Waals surface area contributed by atoms with Gasteiger partial charge in [-0.1, -0.05) is 48.5 Å². The number of hydrogen-bond acceptors (Lipinski definition) is 10. The van der Waals surface area contributed by atoms with E-state index in [1.54, 1.807) is 54.3 Å². The van der Waals surface area contributed by atoms with Crippen molar-refractivity contribution < 1.29 is 43.2 Å². The van der Waals surface area contributed by atoms with Crippen molar-refractivity contribution >= 4 is 45.8 Å². The molecular formula is C47H50N8O9. The van der Waals surface area contributed by atoms with Crippen molar-refractivity contribution in [1.29, 1.82) is 0 Å². The number of carbonyl (C=O) groups excluding carboxylic acids is 3. The number of fused-ring (bicyclic) bond motifs is 6. The second-order valence-electron chi connectivity index (χ2n) is 16.6. The Bertz CT molecular complexity index is 2740. The van der Waals surface area contributed by atoms with Crippen LogP contribution in [-0.2, 0) is 30.4 Å². The number of nitrogens with one attached hydrogen (secondary N) is 4. The van der Waals surface area contributed by atoms with Gasteiger partial charge in [-0.2, -0.15) is 0 Å². The van der Waals surface area contributed by atoms with Gasteiger partial charge < -0.3 is 54.5 Å². The summed E-state index contributed by atoms with van der Waals surface area (Å²) in [6.07, 6.45) is 1.23. The topological polar surface area (TPSA) is 213 Å². The number of carbonyl (C=O) groups is 4. The normalized spacial score (nSPS) is 19.4. The minimum absolute atomic E-state index is 0.0589. The number of hydrogen-bond donors (Lipinski definition) is 5. The molecule has 2 aromatic heterocycles. The number of aromatic amines is 2. The van der Waals surface area contributed by atoms with Crippen LogP contribution in [0.25, 0.3) is 44.2 Å². The van der Waals surface area contributed by atoms with Crippen molar-refractivity contribution in [3.05, 3.63) is 102 Å². The minimum atomic E-state index is -1.27. The molecule has 64 heavy (non-hydrogen) atoms. The number of carboxylic acid groups (broad SMARTS) is 1. The summed E-state index contributed by atoms with van der Waals surface area (Å²) in [5.74, 6) is 1.45. The van der Waals surface area contributed by atoms with Gasteiger partial charge in [0.2, 0.25) is 5.91 Å². The summed E-state index contributed by atoms with van der Waals surface area (Å²) in [4.78, 5) is 72.2. The number of imidazole rings is 2. The Morgan fingerprint density at radius 2 is 1.75 bits per heavy atom. The van der Waals surface area contributed by atoms with Crippen LogP contribution in [0.2, 0.25) is 0 Å². The monoisotopic (exact) mass is 870 g/mol. The average molecular weight is 871 g/mol. The zero-order chi connectivity index (χ0) is 44.6. The summed E-state index contributed by atoms with van der Waals surface area (Å²) < 4.78 is 22.2. The summed E-state index contributed by atoms with van der Waals surface area (Å²) >= 11 is 0. The van der Waals surface area contributed by atoms with Crippen LogP contribution in [0.15, 0.2) is 79.0 Å². The first-order valence-electron chi connectivity index (χ1n) is 21.3. The molecule has 3 aliphatic rings. The molecule has 2 fully saturated rings. The third kappa shape index (κ3) is 7.96. The molecule has 0 aliphatic carbocycles. The highest BCUT2D eigenvalue weighted by Gasteiger charge is 2.43. The van der Waals surface area contributed by atoms with Crippen LogP contribution in [0, 0.1) is 5.92 Å². The van der Waals surface area contributed by atoms with Crippen LogP contribution >= 0.6 is 0 Å². The molecule has 5 heterocycles. The van der Waals surface area contributed by atoms with Gasteiger partial charge in [0, 0.05) is 44.2 Å². The fraction of sp³-hybridized carbons (Fsp3) is 0.362. The molecule has 6 atom stereocenters. The van der Waals surface area contributed by atoms with E-state index >= 15 is 0 Å². The Hall–Kier alpha value is -6.98. The summed E-state index contributed by atoms with van der Waals surface area (Å²) in [5, 5.41) is 16.6. The molecule has 5 N–H and O–H groups in total. The standard InChI is InChI=1S/C47H50N8O9/c1-25(62-3)39(53-47(60)63-4)44(56)55-22-26(23-61-2)17-37(55)42-48-21-35(50-42)29-12-14-31-30(18-29)24-64-38-20-32-28(19-33(31)38)13-15-34-41(32)51-43(49-34)36-11-8-16-54(36)45(57)40(52-46(58)59)27-9-6-5-7-10-27/h5-7,9-10,12-15,18-21,25-26,36-37,39-40,52H,8,11,16-17,22-24H2,1-4H3,(H,48,50)(H,49,51)(H,53,60)(H,58,59)/t25?,26-,36-,37-,39-,40+/m0/s1. The van der Waals surface area contributed by atoms with Crippen molar-refractivity contribution in [3.8, 4) is 28.1 Å². The van der Waals surface area contributed by atoms with Crippen LogP contribution in [0.1, 0.15) is 67.1 Å². The van der Waals surface area contributed by atoms with Gasteiger partial charge in [0.25, 0.3) is 5.91 Å². The highest BCUT2D eigenvalue weighted by atomic mass is 16.5. The highest BCUT2D eigenvalue weighted by Crippen LogP contribution is 2.44. The van der Waals surface area contributed by atoms with E-state index in [4.69, 9.17) is 28.9 Å². The van der Waals surface area contributed by atoms with Crippen molar-refractivity contribution in [2.24, 2.45) is 5.92 Å². The van der Waals surface area contributed by atoms with E-state index in [0.29, 0.717) is 56.4 Å². The highest BCUT2D eigenvalue weighted by molar-refractivity contribution is 6.07. The molecule has 0 bridgehead atoms. The number of alkyl carbamates (subject to hydrolysis) is 1. The van der Waals surface area contributed by atoms with E-state index in [0.717, 1.165) is 61.9 Å². The number of H-pyrrole nitrogens is 2. The number of ether oxygens (including phenoxy) is 4. The zero-order valence-corrected chi connectivity index (χ0v) is 35.9. The molecule has 3 aliphatic heterocycles. The average Bonchev–Trinajstić information content (AvgIpc) is 4.15. The van der Waals surface area contributed by atoms with Crippen molar-refractivity contribution in [2.75, 3.05) is 41.0 Å². The predicted molar refractivity (Wildman–Crippen MR) is 235 cm³/mol. The van der Waals surface area contributed by atoms with Crippen molar-refractivity contribution in [3.63, 3.8) is 0 Å². The third-order valence-electron chi connectivity index (χ3n) is 12.7. The summed E-state index contributed by atoms with van der Waals surface area (Å²) in [6.45, 7) is 3.43. The lowest BCUT2D eigenvalue weighted by molar-refractivity contribution is -0.138. The van der Waals surface area contributed by atoms with Gasteiger partial charge in [0.05, 0.1) is 54.8 Å². The van der Waals surface area contributed by atoms with Gasteiger partial charge in [0.1, 0.15) is 36.1 Å². The Kier molecular flexibility index (Phi) is 11.7. The fourth-order valence-electron chi connectivity index (χ4n) is 9.48. The fourth-order valence-corrected chi connectivity index (χ4v) is 9.48. The second kappa shape index (κ2) is 17.7. The number of methoxy groups -OCH3 is 3. The Labute approximate surface area is 368 Å². The molecule has 2 saturated heterocycles. The Balaban J connectivity index is 0.967. The van der Waals surface area contributed by atoms with Gasteiger partial charge in [-0.05, 0) is 78.1 Å². The van der Waals surface area contributed by atoms with E-state index in [1.807, 2.05) is 30.3 Å². The van der Waals surface area contributed by atoms with Crippen molar-refractivity contribution in [1.82, 2.24) is 40.4 Å². The van der Waals surface area contributed by atoms with Gasteiger partial charge >= 0.3 is 12.2 Å². The molecule has 4 amide bonds. The number of benzene rings is 4.